The highest BCUT2D eigenvalue weighted by atomic mass is 15.2. The Morgan fingerprint density at radius 2 is 1.41 bits per heavy atom. The molecule has 0 atom stereocenters. The van der Waals surface area contributed by atoms with Gasteiger partial charge in [0.05, 0.1) is 5.39 Å². The summed E-state index contributed by atoms with van der Waals surface area (Å²) in [7, 11) is 0. The Bertz CT molecular complexity index is 1310. The maximum absolute atomic E-state index is 4.82. The summed E-state index contributed by atoms with van der Waals surface area (Å²) in [4.78, 5) is 11.9. The average Bonchev–Trinajstić information content (AvgIpc) is 3.24. The summed E-state index contributed by atoms with van der Waals surface area (Å²) in [6, 6.07) is 31.7. The molecule has 0 saturated heterocycles. The molecule has 2 aromatic heterocycles. The molecule has 4 nitrogen and oxygen atoms in total. The minimum atomic E-state index is 0.275. The first-order chi connectivity index (χ1) is 15.7. The van der Waals surface area contributed by atoms with Crippen LogP contribution < -0.4 is 4.90 Å². The molecule has 0 unspecified atom stereocenters. The van der Waals surface area contributed by atoms with E-state index in [4.69, 9.17) is 9.97 Å². The zero-order valence-corrected chi connectivity index (χ0v) is 18.4. The molecule has 0 aliphatic heterocycles. The Morgan fingerprint density at radius 1 is 0.781 bits per heavy atom. The predicted octanol–water partition coefficient (Wildman–Crippen LogP) is 6.50. The minimum Gasteiger partial charge on any atom is -0.349 e. The monoisotopic (exact) mass is 418 g/mol. The van der Waals surface area contributed by atoms with E-state index in [9.17, 15) is 0 Å². The number of rotatable bonds is 6. The summed E-state index contributed by atoms with van der Waals surface area (Å²) >= 11 is 0. The molecule has 3 aromatic carbocycles. The smallest absolute Gasteiger partial charge is 0.150 e. The van der Waals surface area contributed by atoms with Crippen LogP contribution in [-0.2, 0) is 6.54 Å². The lowest BCUT2D eigenvalue weighted by Gasteiger charge is -2.29. The lowest BCUT2D eigenvalue weighted by molar-refractivity contribution is 0.674. The maximum atomic E-state index is 4.82. The van der Waals surface area contributed by atoms with Gasteiger partial charge >= 0.3 is 0 Å². The van der Waals surface area contributed by atoms with Gasteiger partial charge in [-0.1, -0.05) is 78.9 Å². The normalized spacial score (nSPS) is 11.2. The zero-order valence-electron chi connectivity index (χ0n) is 18.4. The Hall–Kier alpha value is -3.92. The van der Waals surface area contributed by atoms with Crippen molar-refractivity contribution in [1.82, 2.24) is 14.5 Å². The SMILES string of the molecule is CC(C)N(Cc1ccccc1)c1ncnc2c1c(-c1ccccc1)cn2-c1ccccc1. The van der Waals surface area contributed by atoms with Crippen molar-refractivity contribution < 1.29 is 0 Å². The third-order valence-corrected chi connectivity index (χ3v) is 5.77. The summed E-state index contributed by atoms with van der Waals surface area (Å²) < 4.78 is 2.17. The van der Waals surface area contributed by atoms with Crippen LogP contribution in [0.1, 0.15) is 19.4 Å². The number of nitrogens with zero attached hydrogens (tertiary/aromatic N) is 4. The van der Waals surface area contributed by atoms with Crippen molar-refractivity contribution in [3.63, 3.8) is 0 Å². The molecule has 158 valence electrons. The molecule has 0 saturated carbocycles. The lowest BCUT2D eigenvalue weighted by Crippen LogP contribution is -2.31. The number of para-hydroxylation sites is 1. The van der Waals surface area contributed by atoms with Gasteiger partial charge in [-0.25, -0.2) is 9.97 Å². The predicted molar refractivity (Wildman–Crippen MR) is 132 cm³/mol. The molecule has 4 heteroatoms. The molecule has 2 heterocycles. The van der Waals surface area contributed by atoms with Gasteiger partial charge in [0.25, 0.3) is 0 Å². The Balaban J connectivity index is 1.75. The number of benzene rings is 3. The van der Waals surface area contributed by atoms with Crippen LogP contribution in [0.3, 0.4) is 0 Å². The second kappa shape index (κ2) is 8.67. The fraction of sp³-hybridized carbons (Fsp3) is 0.143. The summed E-state index contributed by atoms with van der Waals surface area (Å²) in [5.74, 6) is 0.961. The summed E-state index contributed by atoms with van der Waals surface area (Å²) in [6.07, 6.45) is 3.88. The van der Waals surface area contributed by atoms with E-state index in [2.05, 4.69) is 108 Å². The van der Waals surface area contributed by atoms with Crippen LogP contribution in [0.5, 0.6) is 0 Å². The van der Waals surface area contributed by atoms with Crippen LogP contribution in [0.25, 0.3) is 27.8 Å². The molecule has 32 heavy (non-hydrogen) atoms. The molecule has 0 fully saturated rings. The number of anilines is 1. The fourth-order valence-corrected chi connectivity index (χ4v) is 4.17. The van der Waals surface area contributed by atoms with Gasteiger partial charge in [0.15, 0.2) is 5.65 Å². The molecule has 0 spiro atoms. The molecule has 0 amide bonds. The van der Waals surface area contributed by atoms with Crippen LogP contribution >= 0.6 is 0 Å². The first-order valence-electron chi connectivity index (χ1n) is 11.0. The third kappa shape index (κ3) is 3.76. The molecule has 0 aliphatic carbocycles. The summed E-state index contributed by atoms with van der Waals surface area (Å²) in [5, 5.41) is 1.08. The first kappa shape index (κ1) is 20.0. The second-order valence-corrected chi connectivity index (χ2v) is 8.22. The molecule has 0 aliphatic rings. The minimum absolute atomic E-state index is 0.275. The maximum Gasteiger partial charge on any atom is 0.150 e. The van der Waals surface area contributed by atoms with Crippen LogP contribution in [0.4, 0.5) is 5.82 Å². The van der Waals surface area contributed by atoms with Crippen molar-refractivity contribution in [1.29, 1.82) is 0 Å². The van der Waals surface area contributed by atoms with Gasteiger partial charge in [-0.15, -0.1) is 0 Å². The molecule has 5 aromatic rings. The van der Waals surface area contributed by atoms with Crippen LogP contribution in [0, 0.1) is 0 Å². The fourth-order valence-electron chi connectivity index (χ4n) is 4.17. The summed E-state index contributed by atoms with van der Waals surface area (Å²) in [5.41, 5.74) is 5.56. The quantitative estimate of drug-likeness (QED) is 0.315. The lowest BCUT2D eigenvalue weighted by atomic mass is 10.1. The Morgan fingerprint density at radius 3 is 2.06 bits per heavy atom. The van der Waals surface area contributed by atoms with Gasteiger partial charge < -0.3 is 9.47 Å². The standard InChI is InChI=1S/C28H26N4/c1-21(2)31(18-22-12-6-3-7-13-22)27-26-25(23-14-8-4-9-15-23)19-32(28(26)30-20-29-27)24-16-10-5-11-17-24/h3-17,19-21H,18H2,1-2H3. The molecule has 0 bridgehead atoms. The van der Waals surface area contributed by atoms with E-state index in [1.807, 2.05) is 12.1 Å². The first-order valence-corrected chi connectivity index (χ1v) is 11.0. The number of hydrogen-bond acceptors (Lipinski definition) is 3. The van der Waals surface area contributed by atoms with Gasteiger partial charge in [-0.2, -0.15) is 0 Å². The van der Waals surface area contributed by atoms with E-state index >= 15 is 0 Å². The van der Waals surface area contributed by atoms with Crippen LogP contribution in [-0.4, -0.2) is 20.6 Å². The Labute approximate surface area is 188 Å². The third-order valence-electron chi connectivity index (χ3n) is 5.77. The molecular weight excluding hydrogens is 392 g/mol. The van der Waals surface area contributed by atoms with Crippen LogP contribution in [0.2, 0.25) is 0 Å². The topological polar surface area (TPSA) is 34.0 Å². The van der Waals surface area contributed by atoms with Crippen molar-refractivity contribution in [2.45, 2.75) is 26.4 Å². The largest absolute Gasteiger partial charge is 0.349 e. The van der Waals surface area contributed by atoms with E-state index < -0.39 is 0 Å². The van der Waals surface area contributed by atoms with E-state index in [0.717, 1.165) is 40.2 Å². The average molecular weight is 419 g/mol. The number of aromatic nitrogens is 3. The molecule has 0 radical (unpaired) electrons. The van der Waals surface area contributed by atoms with Crippen LogP contribution in [0.15, 0.2) is 104 Å². The van der Waals surface area contributed by atoms with Crippen molar-refractivity contribution in [2.24, 2.45) is 0 Å². The van der Waals surface area contributed by atoms with Gasteiger partial charge in [0, 0.05) is 30.0 Å². The van der Waals surface area contributed by atoms with E-state index in [-0.39, 0.29) is 6.04 Å². The van der Waals surface area contributed by atoms with Crippen molar-refractivity contribution >= 4 is 16.9 Å². The Kier molecular flexibility index (Phi) is 5.42. The van der Waals surface area contributed by atoms with E-state index in [0.29, 0.717) is 0 Å². The zero-order chi connectivity index (χ0) is 21.9. The number of fused-ring (bicyclic) bond motifs is 1. The van der Waals surface area contributed by atoms with E-state index in [1.165, 1.54) is 5.56 Å². The van der Waals surface area contributed by atoms with Gasteiger partial charge in [-0.05, 0) is 37.1 Å². The van der Waals surface area contributed by atoms with Crippen molar-refractivity contribution in [3.05, 3.63) is 109 Å². The molecular formula is C28H26N4. The van der Waals surface area contributed by atoms with Gasteiger partial charge in [-0.3, -0.25) is 0 Å². The van der Waals surface area contributed by atoms with Gasteiger partial charge in [0.2, 0.25) is 0 Å². The highest BCUT2D eigenvalue weighted by Crippen LogP contribution is 2.37. The number of hydrogen-bond donors (Lipinski definition) is 0. The molecule has 5 rings (SSSR count). The highest BCUT2D eigenvalue weighted by molar-refractivity contribution is 6.02. The van der Waals surface area contributed by atoms with Crippen molar-refractivity contribution in [2.75, 3.05) is 4.90 Å². The van der Waals surface area contributed by atoms with Crippen molar-refractivity contribution in [3.8, 4) is 16.8 Å². The van der Waals surface area contributed by atoms with E-state index in [1.54, 1.807) is 6.33 Å². The van der Waals surface area contributed by atoms with Gasteiger partial charge in [0.1, 0.15) is 12.1 Å². The summed E-state index contributed by atoms with van der Waals surface area (Å²) in [6.45, 7) is 5.22. The molecule has 0 N–H and O–H groups in total. The highest BCUT2D eigenvalue weighted by Gasteiger charge is 2.22. The second-order valence-electron chi connectivity index (χ2n) is 8.22.